The molecule has 1 heterocycles. The zero-order valence-electron chi connectivity index (χ0n) is 9.56. The van der Waals surface area contributed by atoms with Crippen LogP contribution < -0.4 is 0 Å². The smallest absolute Gasteiger partial charge is 0.129 e. The average Bonchev–Trinajstić information content (AvgIpc) is 2.79. The van der Waals surface area contributed by atoms with Gasteiger partial charge in [-0.25, -0.2) is 0 Å². The van der Waals surface area contributed by atoms with Gasteiger partial charge in [0.05, 0.1) is 24.4 Å². The Hall–Kier alpha value is -1.27. The van der Waals surface area contributed by atoms with E-state index in [1.165, 1.54) is 0 Å². The summed E-state index contributed by atoms with van der Waals surface area (Å²) in [5.74, 6) is 1.53. The molecule has 0 aliphatic heterocycles. The second-order valence-electron chi connectivity index (χ2n) is 4.58. The molecule has 3 heteroatoms. The fraction of sp³-hybridized carbons (Fsp3) is 0.615. The molecule has 0 bridgehead atoms. The third-order valence-corrected chi connectivity index (χ3v) is 3.24. The molecule has 0 radical (unpaired) electrons. The van der Waals surface area contributed by atoms with Crippen molar-refractivity contribution in [3.05, 3.63) is 24.2 Å². The van der Waals surface area contributed by atoms with Crippen LogP contribution in [0.1, 0.15) is 31.9 Å². The van der Waals surface area contributed by atoms with E-state index in [-0.39, 0.29) is 12.0 Å². The molecule has 16 heavy (non-hydrogen) atoms. The SMILES string of the molecule is CC1CCC(C#N)C(OCc2ccco2)C1. The highest BCUT2D eigenvalue weighted by atomic mass is 16.5. The summed E-state index contributed by atoms with van der Waals surface area (Å²) in [5, 5.41) is 9.05. The molecular weight excluding hydrogens is 202 g/mol. The Morgan fingerprint density at radius 2 is 2.44 bits per heavy atom. The van der Waals surface area contributed by atoms with Gasteiger partial charge >= 0.3 is 0 Å². The molecule has 86 valence electrons. The maximum absolute atomic E-state index is 9.05. The second-order valence-corrected chi connectivity index (χ2v) is 4.58. The van der Waals surface area contributed by atoms with Crippen molar-refractivity contribution in [1.82, 2.24) is 0 Å². The predicted molar refractivity (Wildman–Crippen MR) is 59.4 cm³/mol. The van der Waals surface area contributed by atoms with Crippen LogP contribution in [-0.4, -0.2) is 6.10 Å². The van der Waals surface area contributed by atoms with E-state index in [2.05, 4.69) is 13.0 Å². The number of hydrogen-bond donors (Lipinski definition) is 0. The lowest BCUT2D eigenvalue weighted by molar-refractivity contribution is -0.0236. The lowest BCUT2D eigenvalue weighted by Crippen LogP contribution is -2.30. The zero-order valence-corrected chi connectivity index (χ0v) is 9.56. The Morgan fingerprint density at radius 3 is 3.12 bits per heavy atom. The van der Waals surface area contributed by atoms with Gasteiger partial charge in [0.25, 0.3) is 0 Å². The Morgan fingerprint density at radius 1 is 1.56 bits per heavy atom. The molecule has 2 rings (SSSR count). The highest BCUT2D eigenvalue weighted by molar-refractivity contribution is 4.97. The van der Waals surface area contributed by atoms with E-state index in [9.17, 15) is 0 Å². The van der Waals surface area contributed by atoms with E-state index in [0.29, 0.717) is 12.5 Å². The minimum atomic E-state index is 0.0474. The molecule has 1 fully saturated rings. The minimum Gasteiger partial charge on any atom is -0.467 e. The van der Waals surface area contributed by atoms with Crippen molar-refractivity contribution in [1.29, 1.82) is 5.26 Å². The highest BCUT2D eigenvalue weighted by Crippen LogP contribution is 2.31. The van der Waals surface area contributed by atoms with E-state index >= 15 is 0 Å². The Kier molecular flexibility index (Phi) is 3.63. The molecule has 3 atom stereocenters. The molecule has 3 nitrogen and oxygen atoms in total. The van der Waals surface area contributed by atoms with Crippen LogP contribution in [0.25, 0.3) is 0 Å². The normalized spacial score (nSPS) is 29.9. The van der Waals surface area contributed by atoms with Gasteiger partial charge in [-0.2, -0.15) is 5.26 Å². The summed E-state index contributed by atoms with van der Waals surface area (Å²) in [4.78, 5) is 0. The third kappa shape index (κ3) is 2.65. The second kappa shape index (κ2) is 5.18. The van der Waals surface area contributed by atoms with Gasteiger partial charge in [-0.3, -0.25) is 0 Å². The van der Waals surface area contributed by atoms with Crippen molar-refractivity contribution < 1.29 is 9.15 Å². The topological polar surface area (TPSA) is 46.2 Å². The highest BCUT2D eigenvalue weighted by Gasteiger charge is 2.29. The summed E-state index contributed by atoms with van der Waals surface area (Å²) < 4.78 is 11.0. The van der Waals surface area contributed by atoms with Crippen LogP contribution in [-0.2, 0) is 11.3 Å². The summed E-state index contributed by atoms with van der Waals surface area (Å²) in [6.45, 7) is 2.69. The van der Waals surface area contributed by atoms with Gasteiger partial charge in [-0.15, -0.1) is 0 Å². The maximum atomic E-state index is 9.05. The van der Waals surface area contributed by atoms with Crippen LogP contribution in [0.4, 0.5) is 0 Å². The van der Waals surface area contributed by atoms with Gasteiger partial charge in [0.1, 0.15) is 12.4 Å². The average molecular weight is 219 g/mol. The van der Waals surface area contributed by atoms with Crippen molar-refractivity contribution in [2.45, 2.75) is 38.9 Å². The lowest BCUT2D eigenvalue weighted by Gasteiger charge is -2.30. The van der Waals surface area contributed by atoms with Crippen molar-refractivity contribution in [3.63, 3.8) is 0 Å². The van der Waals surface area contributed by atoms with Crippen LogP contribution in [0.3, 0.4) is 0 Å². The van der Waals surface area contributed by atoms with Gasteiger partial charge in [-0.1, -0.05) is 6.92 Å². The van der Waals surface area contributed by atoms with E-state index in [1.807, 2.05) is 12.1 Å². The quantitative estimate of drug-likeness (QED) is 0.784. The van der Waals surface area contributed by atoms with Gasteiger partial charge in [0.15, 0.2) is 0 Å². The molecule has 1 aromatic rings. The predicted octanol–water partition coefficient (Wildman–Crippen LogP) is 3.12. The maximum Gasteiger partial charge on any atom is 0.129 e. The van der Waals surface area contributed by atoms with Crippen molar-refractivity contribution in [2.24, 2.45) is 11.8 Å². The van der Waals surface area contributed by atoms with E-state index in [4.69, 9.17) is 14.4 Å². The molecule has 0 aromatic carbocycles. The number of hydrogen-bond acceptors (Lipinski definition) is 3. The van der Waals surface area contributed by atoms with Crippen LogP contribution >= 0.6 is 0 Å². The first-order valence-corrected chi connectivity index (χ1v) is 5.83. The minimum absolute atomic E-state index is 0.0474. The van der Waals surface area contributed by atoms with E-state index in [1.54, 1.807) is 6.26 Å². The van der Waals surface area contributed by atoms with Crippen LogP contribution in [0, 0.1) is 23.2 Å². The molecule has 1 aliphatic rings. The lowest BCUT2D eigenvalue weighted by atomic mass is 9.81. The largest absolute Gasteiger partial charge is 0.467 e. The summed E-state index contributed by atoms with van der Waals surface area (Å²) in [7, 11) is 0. The molecule has 1 aromatic heterocycles. The van der Waals surface area contributed by atoms with Gasteiger partial charge < -0.3 is 9.15 Å². The van der Waals surface area contributed by atoms with Crippen LogP contribution in [0.5, 0.6) is 0 Å². The Bertz CT molecular complexity index is 353. The molecule has 0 saturated heterocycles. The monoisotopic (exact) mass is 219 g/mol. The molecule has 0 N–H and O–H groups in total. The van der Waals surface area contributed by atoms with Crippen molar-refractivity contribution >= 4 is 0 Å². The summed E-state index contributed by atoms with van der Waals surface area (Å²) in [5.41, 5.74) is 0. The van der Waals surface area contributed by atoms with Gasteiger partial charge in [0.2, 0.25) is 0 Å². The first-order valence-electron chi connectivity index (χ1n) is 5.83. The number of nitrogens with zero attached hydrogens (tertiary/aromatic N) is 1. The Labute approximate surface area is 96.0 Å². The van der Waals surface area contributed by atoms with E-state index in [0.717, 1.165) is 25.0 Å². The van der Waals surface area contributed by atoms with Crippen LogP contribution in [0.15, 0.2) is 22.8 Å². The Balaban J connectivity index is 1.89. The summed E-state index contributed by atoms with van der Waals surface area (Å²) in [6, 6.07) is 6.10. The number of nitriles is 1. The molecular formula is C13H17NO2. The molecule has 3 unspecified atom stereocenters. The first kappa shape index (κ1) is 11.2. The third-order valence-electron chi connectivity index (χ3n) is 3.24. The fourth-order valence-electron chi connectivity index (χ4n) is 2.24. The number of rotatable bonds is 3. The van der Waals surface area contributed by atoms with Crippen LogP contribution in [0.2, 0.25) is 0 Å². The van der Waals surface area contributed by atoms with Gasteiger partial charge in [-0.05, 0) is 37.3 Å². The van der Waals surface area contributed by atoms with E-state index < -0.39 is 0 Å². The van der Waals surface area contributed by atoms with Gasteiger partial charge in [0, 0.05) is 0 Å². The molecule has 1 saturated carbocycles. The fourth-order valence-corrected chi connectivity index (χ4v) is 2.24. The van der Waals surface area contributed by atoms with Crippen molar-refractivity contribution in [3.8, 4) is 6.07 Å². The summed E-state index contributed by atoms with van der Waals surface area (Å²) in [6.07, 6.45) is 4.79. The van der Waals surface area contributed by atoms with Crippen molar-refractivity contribution in [2.75, 3.05) is 0 Å². The number of ether oxygens (including phenoxy) is 1. The first-order chi connectivity index (χ1) is 7.79. The molecule has 0 spiro atoms. The standard InChI is InChI=1S/C13H17NO2/c1-10-4-5-11(8-14)13(7-10)16-9-12-3-2-6-15-12/h2-3,6,10-11,13H,4-5,7,9H2,1H3. The zero-order chi connectivity index (χ0) is 11.4. The molecule has 1 aliphatic carbocycles. The number of furan rings is 1. The summed E-state index contributed by atoms with van der Waals surface area (Å²) >= 11 is 0. The molecule has 0 amide bonds.